The second-order valence-electron chi connectivity index (χ2n) is 7.14. The first-order valence-corrected chi connectivity index (χ1v) is 9.64. The minimum absolute atomic E-state index is 0.119. The molecule has 0 saturated heterocycles. The van der Waals surface area contributed by atoms with Crippen molar-refractivity contribution in [1.29, 1.82) is 0 Å². The fourth-order valence-corrected chi connectivity index (χ4v) is 4.25. The molecule has 0 bridgehead atoms. The van der Waals surface area contributed by atoms with Crippen LogP contribution in [0.2, 0.25) is 0 Å². The molecule has 3 aromatic rings. The van der Waals surface area contributed by atoms with Crippen LogP contribution in [0, 0.1) is 5.92 Å². The van der Waals surface area contributed by atoms with Gasteiger partial charge in [0.15, 0.2) is 6.23 Å². The molecule has 3 atom stereocenters. The minimum atomic E-state index is -0.549. The van der Waals surface area contributed by atoms with Crippen molar-refractivity contribution >= 4 is 37.5 Å². The van der Waals surface area contributed by atoms with E-state index >= 15 is 0 Å². The van der Waals surface area contributed by atoms with Gasteiger partial charge in [0, 0.05) is 13.2 Å². The quantitative estimate of drug-likeness (QED) is 0.473. The second kappa shape index (κ2) is 6.06. The lowest BCUT2D eigenvalue weighted by molar-refractivity contribution is -0.0686. The summed E-state index contributed by atoms with van der Waals surface area (Å²) in [7, 11) is 0. The molecule has 6 heteroatoms. The summed E-state index contributed by atoms with van der Waals surface area (Å²) in [4.78, 5) is 26.6. The molecule has 0 aliphatic carbocycles. The lowest BCUT2D eigenvalue weighted by Crippen LogP contribution is -2.55. The standard InChI is InChI=1S/C20H21BrN2O3/c1-4-26-19-20(3,21)12(2)11-22-17(24)15-9-13-7-5-6-8-14(13)10-16(15)18(25)23(19)22/h5-10,12,19H,4,11H2,1-3H3/t12?,19-,20+/m1/s1. The molecule has 0 spiro atoms. The van der Waals surface area contributed by atoms with E-state index in [2.05, 4.69) is 22.9 Å². The number of hydrogen-bond acceptors (Lipinski definition) is 3. The lowest BCUT2D eigenvalue weighted by atomic mass is 9.91. The highest BCUT2D eigenvalue weighted by Gasteiger charge is 2.45. The third-order valence-corrected chi connectivity index (χ3v) is 6.66. The van der Waals surface area contributed by atoms with E-state index < -0.39 is 10.6 Å². The van der Waals surface area contributed by atoms with Crippen molar-refractivity contribution in [2.45, 2.75) is 37.9 Å². The number of benzene rings is 2. The van der Waals surface area contributed by atoms with E-state index in [1.54, 1.807) is 4.68 Å². The van der Waals surface area contributed by atoms with Gasteiger partial charge in [-0.25, -0.2) is 9.36 Å². The van der Waals surface area contributed by atoms with E-state index in [4.69, 9.17) is 4.74 Å². The zero-order valence-corrected chi connectivity index (χ0v) is 16.6. The monoisotopic (exact) mass is 416 g/mol. The highest BCUT2D eigenvalue weighted by molar-refractivity contribution is 9.10. The largest absolute Gasteiger partial charge is 0.355 e. The summed E-state index contributed by atoms with van der Waals surface area (Å²) in [6.45, 7) is 6.89. The van der Waals surface area contributed by atoms with Gasteiger partial charge in [-0.3, -0.25) is 9.59 Å². The van der Waals surface area contributed by atoms with Crippen LogP contribution in [0.25, 0.3) is 21.5 Å². The molecule has 1 aromatic heterocycles. The van der Waals surface area contributed by atoms with Gasteiger partial charge < -0.3 is 4.74 Å². The smallest absolute Gasteiger partial charge is 0.275 e. The predicted molar refractivity (Wildman–Crippen MR) is 107 cm³/mol. The highest BCUT2D eigenvalue weighted by Crippen LogP contribution is 2.42. The molecule has 5 nitrogen and oxygen atoms in total. The molecule has 1 unspecified atom stereocenters. The number of aromatic nitrogens is 2. The SMILES string of the molecule is CCO[C@H]1n2c(=O)c3cc4ccccc4cc3c(=O)n2CC(C)[C@]1(C)Br. The van der Waals surface area contributed by atoms with Crippen LogP contribution in [0.5, 0.6) is 0 Å². The Hall–Kier alpha value is -1.92. The minimum Gasteiger partial charge on any atom is -0.355 e. The van der Waals surface area contributed by atoms with E-state index in [1.807, 2.05) is 50.2 Å². The Balaban J connectivity index is 2.13. The van der Waals surface area contributed by atoms with E-state index in [0.29, 0.717) is 23.9 Å². The van der Waals surface area contributed by atoms with Crippen LogP contribution in [-0.4, -0.2) is 20.3 Å². The topological polar surface area (TPSA) is 53.2 Å². The zero-order valence-electron chi connectivity index (χ0n) is 15.0. The highest BCUT2D eigenvalue weighted by atomic mass is 79.9. The number of halogens is 1. The number of rotatable bonds is 2. The molecule has 0 radical (unpaired) electrons. The molecule has 2 heterocycles. The molecule has 0 amide bonds. The van der Waals surface area contributed by atoms with Gasteiger partial charge in [-0.2, -0.15) is 0 Å². The Morgan fingerprint density at radius 2 is 1.73 bits per heavy atom. The van der Waals surface area contributed by atoms with Crippen molar-refractivity contribution in [3.63, 3.8) is 0 Å². The Labute approximate surface area is 159 Å². The first kappa shape index (κ1) is 17.5. The van der Waals surface area contributed by atoms with Gasteiger partial charge in [0.1, 0.15) is 0 Å². The molecule has 26 heavy (non-hydrogen) atoms. The summed E-state index contributed by atoms with van der Waals surface area (Å²) in [5.41, 5.74) is -0.341. The Morgan fingerprint density at radius 3 is 2.31 bits per heavy atom. The summed E-state index contributed by atoms with van der Waals surface area (Å²) in [6, 6.07) is 11.4. The molecule has 0 N–H and O–H groups in total. The number of nitrogens with zero attached hydrogens (tertiary/aromatic N) is 2. The average Bonchev–Trinajstić information content (AvgIpc) is 2.62. The maximum atomic E-state index is 13.4. The molecule has 4 rings (SSSR count). The van der Waals surface area contributed by atoms with Crippen molar-refractivity contribution in [2.75, 3.05) is 6.61 Å². The van der Waals surface area contributed by atoms with Crippen molar-refractivity contribution in [3.8, 4) is 0 Å². The number of alkyl halides is 1. The first-order valence-electron chi connectivity index (χ1n) is 8.85. The van der Waals surface area contributed by atoms with Crippen LogP contribution in [0.4, 0.5) is 0 Å². The van der Waals surface area contributed by atoms with Gasteiger partial charge in [0.25, 0.3) is 11.1 Å². The summed E-state index contributed by atoms with van der Waals surface area (Å²) < 4.78 is 8.53. The van der Waals surface area contributed by atoms with Gasteiger partial charge in [-0.15, -0.1) is 0 Å². The second-order valence-corrected chi connectivity index (χ2v) is 8.85. The van der Waals surface area contributed by atoms with Crippen molar-refractivity contribution < 1.29 is 4.74 Å². The third-order valence-electron chi connectivity index (χ3n) is 5.49. The fraction of sp³-hybridized carbons (Fsp3) is 0.400. The van der Waals surface area contributed by atoms with Crippen LogP contribution in [-0.2, 0) is 11.3 Å². The molecule has 1 aliphatic heterocycles. The number of ether oxygens (including phenoxy) is 1. The predicted octanol–water partition coefficient (Wildman–Crippen LogP) is 3.65. The Kier molecular flexibility index (Phi) is 4.08. The van der Waals surface area contributed by atoms with Crippen LogP contribution < -0.4 is 11.1 Å². The Morgan fingerprint density at radius 1 is 1.15 bits per heavy atom. The first-order chi connectivity index (χ1) is 12.4. The van der Waals surface area contributed by atoms with Crippen molar-refractivity contribution in [3.05, 3.63) is 57.1 Å². The number of hydrogen-bond donors (Lipinski definition) is 0. The van der Waals surface area contributed by atoms with Crippen LogP contribution >= 0.6 is 15.9 Å². The van der Waals surface area contributed by atoms with Crippen molar-refractivity contribution in [2.24, 2.45) is 5.92 Å². The third kappa shape index (κ3) is 2.39. The summed E-state index contributed by atoms with van der Waals surface area (Å²) in [5, 5.41) is 2.80. The Bertz CT molecular complexity index is 1130. The normalized spacial score (nSPS) is 25.5. The van der Waals surface area contributed by atoms with E-state index in [1.165, 1.54) is 4.68 Å². The molecule has 136 valence electrons. The lowest BCUT2D eigenvalue weighted by Gasteiger charge is -2.43. The van der Waals surface area contributed by atoms with E-state index in [-0.39, 0.29) is 17.0 Å². The molecule has 0 fully saturated rings. The van der Waals surface area contributed by atoms with Gasteiger partial charge in [0.2, 0.25) is 0 Å². The zero-order chi connectivity index (χ0) is 18.6. The van der Waals surface area contributed by atoms with Gasteiger partial charge in [0.05, 0.1) is 15.1 Å². The van der Waals surface area contributed by atoms with Crippen molar-refractivity contribution in [1.82, 2.24) is 9.36 Å². The molecule has 2 aromatic carbocycles. The van der Waals surface area contributed by atoms with E-state index in [9.17, 15) is 9.59 Å². The summed E-state index contributed by atoms with van der Waals surface area (Å²) >= 11 is 3.76. The van der Waals surface area contributed by atoms with Gasteiger partial charge in [-0.05, 0) is 42.7 Å². The maximum Gasteiger partial charge on any atom is 0.275 e. The van der Waals surface area contributed by atoms with E-state index in [0.717, 1.165) is 10.8 Å². The molecular weight excluding hydrogens is 396 g/mol. The van der Waals surface area contributed by atoms with Crippen LogP contribution in [0.15, 0.2) is 46.0 Å². The summed E-state index contributed by atoms with van der Waals surface area (Å²) in [5.74, 6) is 0.119. The molecule has 0 saturated carbocycles. The fourth-order valence-electron chi connectivity index (χ4n) is 3.78. The van der Waals surface area contributed by atoms with Gasteiger partial charge >= 0.3 is 0 Å². The number of fused-ring (bicyclic) bond motifs is 3. The molecule has 1 aliphatic rings. The molecular formula is C20H21BrN2O3. The van der Waals surface area contributed by atoms with Crippen LogP contribution in [0.1, 0.15) is 27.0 Å². The van der Waals surface area contributed by atoms with Gasteiger partial charge in [-0.1, -0.05) is 47.1 Å². The summed E-state index contributed by atoms with van der Waals surface area (Å²) in [6.07, 6.45) is -0.549. The maximum absolute atomic E-state index is 13.4. The average molecular weight is 417 g/mol. The van der Waals surface area contributed by atoms with Crippen LogP contribution in [0.3, 0.4) is 0 Å².